The summed E-state index contributed by atoms with van der Waals surface area (Å²) in [7, 11) is 0. The first kappa shape index (κ1) is 27.9. The molecule has 1 saturated heterocycles. The third kappa shape index (κ3) is 5.62. The lowest BCUT2D eigenvalue weighted by Gasteiger charge is -2.37. The van der Waals surface area contributed by atoms with Gasteiger partial charge in [0.25, 0.3) is 11.8 Å². The minimum absolute atomic E-state index is 0.00525. The molecule has 13 heteroatoms. The van der Waals surface area contributed by atoms with Crippen LogP contribution in [0.2, 0.25) is 10.2 Å². The second-order valence-corrected chi connectivity index (χ2v) is 10.4. The van der Waals surface area contributed by atoms with Crippen LogP contribution in [-0.4, -0.2) is 39.8 Å². The van der Waals surface area contributed by atoms with Crippen molar-refractivity contribution in [3.05, 3.63) is 93.2 Å². The van der Waals surface area contributed by atoms with E-state index in [2.05, 4.69) is 10.3 Å². The van der Waals surface area contributed by atoms with Crippen molar-refractivity contribution in [2.45, 2.75) is 49.9 Å². The Morgan fingerprint density at radius 1 is 1.10 bits per heavy atom. The minimum atomic E-state index is -2.90. The predicted molar refractivity (Wildman–Crippen MR) is 143 cm³/mol. The minimum Gasteiger partial charge on any atom is -0.351 e. The van der Waals surface area contributed by atoms with Gasteiger partial charge < -0.3 is 5.32 Å². The van der Waals surface area contributed by atoms with E-state index in [0.717, 1.165) is 11.1 Å². The number of nitrogens with zero attached hydrogens (tertiary/aromatic N) is 4. The molecule has 2 aromatic carbocycles. The van der Waals surface area contributed by atoms with Gasteiger partial charge in [0, 0.05) is 48.4 Å². The molecule has 8 nitrogen and oxygen atoms in total. The molecule has 0 radical (unpaired) electrons. The highest BCUT2D eigenvalue weighted by Crippen LogP contribution is 2.39. The molecule has 208 valence electrons. The number of carbonyl (C=O) groups excluding carboxylic acids is 2. The third-order valence-corrected chi connectivity index (χ3v) is 7.35. The first-order chi connectivity index (χ1) is 19.0. The van der Waals surface area contributed by atoms with Crippen molar-refractivity contribution >= 4 is 46.5 Å². The molecular weight excluding hydrogens is 570 g/mol. The fourth-order valence-corrected chi connectivity index (χ4v) is 5.35. The SMILES string of the molecule is O=C(NC1CC(F)(F)C1)[C@H](c1ccccc1Cl)N(c1cccc(F)c1)[N+](=O)[C@@H]1CCC(=O)N1c1cccc(Cl)n1. The van der Waals surface area contributed by atoms with Crippen molar-refractivity contribution in [2.24, 2.45) is 0 Å². The summed E-state index contributed by atoms with van der Waals surface area (Å²) in [6.45, 7) is 0. The molecule has 2 fully saturated rings. The Morgan fingerprint density at radius 2 is 1.82 bits per heavy atom. The smallest absolute Gasteiger partial charge is 0.317 e. The highest BCUT2D eigenvalue weighted by molar-refractivity contribution is 6.31. The number of anilines is 2. The molecule has 3 aromatic rings. The van der Waals surface area contributed by atoms with E-state index < -0.39 is 54.6 Å². The molecule has 0 unspecified atom stereocenters. The van der Waals surface area contributed by atoms with Gasteiger partial charge in [0.05, 0.1) is 4.91 Å². The van der Waals surface area contributed by atoms with Crippen molar-refractivity contribution in [1.29, 1.82) is 0 Å². The molecule has 1 N–H and O–H groups in total. The van der Waals surface area contributed by atoms with Crippen molar-refractivity contribution in [2.75, 3.05) is 9.91 Å². The molecule has 1 aliphatic carbocycles. The molecule has 2 aliphatic rings. The van der Waals surface area contributed by atoms with Crippen LogP contribution in [0.1, 0.15) is 37.3 Å². The monoisotopic (exact) mass is 592 g/mol. The van der Waals surface area contributed by atoms with Gasteiger partial charge in [0.1, 0.15) is 27.3 Å². The molecule has 2 amide bonds. The van der Waals surface area contributed by atoms with Crippen LogP contribution in [0.5, 0.6) is 0 Å². The number of hydrazine groups is 1. The van der Waals surface area contributed by atoms with Crippen LogP contribution in [0.4, 0.5) is 24.7 Å². The second-order valence-electron chi connectivity index (χ2n) is 9.62. The Bertz CT molecular complexity index is 1470. The maximum absolute atomic E-state index is 14.5. The lowest BCUT2D eigenvalue weighted by molar-refractivity contribution is -0.598. The molecule has 1 aromatic heterocycles. The van der Waals surface area contributed by atoms with Crippen LogP contribution in [0.15, 0.2) is 66.7 Å². The number of halogens is 5. The van der Waals surface area contributed by atoms with E-state index in [1.165, 1.54) is 47.4 Å². The lowest BCUT2D eigenvalue weighted by atomic mass is 9.88. The Labute approximate surface area is 237 Å². The Kier molecular flexibility index (Phi) is 7.70. The van der Waals surface area contributed by atoms with Gasteiger partial charge >= 0.3 is 6.17 Å². The number of carbonyl (C=O) groups is 2. The lowest BCUT2D eigenvalue weighted by Crippen LogP contribution is -2.56. The summed E-state index contributed by atoms with van der Waals surface area (Å²) in [5, 5.41) is 3.78. The van der Waals surface area contributed by atoms with Crippen molar-refractivity contribution in [3.8, 4) is 0 Å². The molecular formula is C27H23Cl2F3N5O3+. The summed E-state index contributed by atoms with van der Waals surface area (Å²) in [5.74, 6) is -4.68. The summed E-state index contributed by atoms with van der Waals surface area (Å²) >= 11 is 12.5. The standard InChI is InChI=1S/C27H22Cl2F3N5O3/c28-20-8-2-1-7-19(20)25(26(39)33-17-14-27(31,32)15-17)36(18-6-3-5-16(30)13-18)37(40)23-11-12-24(38)35(23)22-10-4-9-21(29)34-22/h1-10,13,17,23,25H,11-12,14-15H2/p+1/t23-,25+/m1/s1. The molecule has 2 heterocycles. The first-order valence-corrected chi connectivity index (χ1v) is 13.2. The number of benzene rings is 2. The fourth-order valence-electron chi connectivity index (χ4n) is 4.95. The Morgan fingerprint density at radius 3 is 2.50 bits per heavy atom. The van der Waals surface area contributed by atoms with Gasteiger partial charge in [-0.15, -0.1) is 0 Å². The third-order valence-electron chi connectivity index (χ3n) is 6.80. The van der Waals surface area contributed by atoms with Crippen molar-refractivity contribution in [3.63, 3.8) is 0 Å². The van der Waals surface area contributed by atoms with Crippen LogP contribution in [-0.2, 0) is 9.59 Å². The largest absolute Gasteiger partial charge is 0.351 e. The van der Waals surface area contributed by atoms with Gasteiger partial charge in [0.15, 0.2) is 6.04 Å². The number of aromatic nitrogens is 1. The van der Waals surface area contributed by atoms with E-state index in [0.29, 0.717) is 4.87 Å². The van der Waals surface area contributed by atoms with Crippen molar-refractivity contribution in [1.82, 2.24) is 10.3 Å². The van der Waals surface area contributed by atoms with Gasteiger partial charge in [-0.3, -0.25) is 9.59 Å². The average Bonchev–Trinajstić information content (AvgIpc) is 3.27. The fraction of sp³-hybridized carbons (Fsp3) is 0.296. The summed E-state index contributed by atoms with van der Waals surface area (Å²) in [4.78, 5) is 46.7. The van der Waals surface area contributed by atoms with E-state index in [1.807, 2.05) is 0 Å². The van der Waals surface area contributed by atoms with Crippen molar-refractivity contribution < 1.29 is 27.6 Å². The topological polar surface area (TPSA) is 85.6 Å². The second kappa shape index (κ2) is 11.1. The van der Waals surface area contributed by atoms with Gasteiger partial charge in [-0.1, -0.05) is 58.5 Å². The number of nitrogens with one attached hydrogen (secondary N) is 1. The van der Waals surface area contributed by atoms with E-state index >= 15 is 0 Å². The maximum atomic E-state index is 14.5. The van der Waals surface area contributed by atoms with E-state index in [4.69, 9.17) is 23.2 Å². The summed E-state index contributed by atoms with van der Waals surface area (Å²) in [5.41, 5.74) is 0.155. The molecule has 0 spiro atoms. The Balaban J connectivity index is 1.60. The first-order valence-electron chi connectivity index (χ1n) is 12.4. The van der Waals surface area contributed by atoms with E-state index in [9.17, 15) is 27.7 Å². The number of hydrogen-bond acceptors (Lipinski definition) is 4. The highest BCUT2D eigenvalue weighted by atomic mass is 35.5. The van der Waals surface area contributed by atoms with Crippen LogP contribution < -0.4 is 15.2 Å². The number of nitroso groups, excluding NO2 is 1. The molecule has 2 atom stereocenters. The zero-order valence-electron chi connectivity index (χ0n) is 20.8. The summed E-state index contributed by atoms with van der Waals surface area (Å²) < 4.78 is 41.6. The summed E-state index contributed by atoms with van der Waals surface area (Å²) in [6.07, 6.45) is -2.27. The van der Waals surface area contributed by atoms with Crippen LogP contribution >= 0.6 is 23.2 Å². The summed E-state index contributed by atoms with van der Waals surface area (Å²) in [6, 6.07) is 13.5. The zero-order chi connectivity index (χ0) is 28.6. The zero-order valence-corrected chi connectivity index (χ0v) is 22.3. The Hall–Kier alpha value is -3.70. The van der Waals surface area contributed by atoms with E-state index in [1.54, 1.807) is 18.2 Å². The number of hydrogen-bond donors (Lipinski definition) is 1. The van der Waals surface area contributed by atoms with Gasteiger partial charge in [-0.2, -0.15) is 0 Å². The van der Waals surface area contributed by atoms with Gasteiger partial charge in [-0.05, 0) is 30.3 Å². The van der Waals surface area contributed by atoms with Gasteiger partial charge in [0.2, 0.25) is 5.91 Å². The average molecular weight is 593 g/mol. The quantitative estimate of drug-likeness (QED) is 0.202. The highest BCUT2D eigenvalue weighted by Gasteiger charge is 2.52. The predicted octanol–water partition coefficient (Wildman–Crippen LogP) is 5.84. The van der Waals surface area contributed by atoms with Crippen LogP contribution in [0.3, 0.4) is 0 Å². The maximum Gasteiger partial charge on any atom is 0.317 e. The number of rotatable bonds is 8. The number of alkyl halides is 2. The normalized spacial score (nSPS) is 19.2. The number of pyridine rings is 1. The molecule has 1 saturated carbocycles. The van der Waals surface area contributed by atoms with E-state index in [-0.39, 0.29) is 40.1 Å². The molecule has 0 bridgehead atoms. The van der Waals surface area contributed by atoms with Crippen LogP contribution in [0.25, 0.3) is 0 Å². The van der Waals surface area contributed by atoms with Crippen LogP contribution in [0, 0.1) is 10.7 Å². The molecule has 1 aliphatic heterocycles. The van der Waals surface area contributed by atoms with Gasteiger partial charge in [-0.25, -0.2) is 23.1 Å². The molecule has 40 heavy (non-hydrogen) atoms. The molecule has 5 rings (SSSR count). The number of amides is 2.